The smallest absolute Gasteiger partial charge is 0.111 e. The number of aliphatic hydroxyl groups is 5. The van der Waals surface area contributed by atoms with Crippen LogP contribution in [-0.2, 0) is 0 Å². The third-order valence-electron chi connectivity index (χ3n) is 5.12. The molecule has 0 aromatic carbocycles. The molecular formula is C22H46O5S2. The second kappa shape index (κ2) is 20.4. The standard InChI is InChI=1S/C22H46O5S2/c1-3-5-7-9-11-13-15-28-22(29-16-14-12-10-8-6-4-2)21(27)20(26)19(25)18(24)17-23/h18-27H,3-17H2,1-2H3. The fourth-order valence-electron chi connectivity index (χ4n) is 3.11. The van der Waals surface area contributed by atoms with Gasteiger partial charge >= 0.3 is 0 Å². The van der Waals surface area contributed by atoms with Crippen LogP contribution in [0.4, 0.5) is 0 Å². The highest BCUT2D eigenvalue weighted by atomic mass is 32.2. The van der Waals surface area contributed by atoms with Crippen molar-refractivity contribution in [3.8, 4) is 0 Å². The van der Waals surface area contributed by atoms with Gasteiger partial charge in [0.05, 0.1) is 11.2 Å². The zero-order chi connectivity index (χ0) is 21.9. The molecule has 0 aliphatic heterocycles. The Morgan fingerprint density at radius 3 is 1.38 bits per heavy atom. The first-order valence-corrected chi connectivity index (χ1v) is 13.7. The summed E-state index contributed by atoms with van der Waals surface area (Å²) < 4.78 is -0.253. The van der Waals surface area contributed by atoms with Gasteiger partial charge in [-0.05, 0) is 24.3 Å². The molecule has 0 amide bonds. The van der Waals surface area contributed by atoms with Crippen molar-refractivity contribution in [3.63, 3.8) is 0 Å². The molecule has 4 atom stereocenters. The lowest BCUT2D eigenvalue weighted by atomic mass is 10.0. The molecular weight excluding hydrogens is 408 g/mol. The van der Waals surface area contributed by atoms with Crippen molar-refractivity contribution in [3.05, 3.63) is 0 Å². The third kappa shape index (κ3) is 15.0. The van der Waals surface area contributed by atoms with Crippen LogP contribution in [0.15, 0.2) is 0 Å². The number of hydrogen-bond acceptors (Lipinski definition) is 7. The number of hydrogen-bond donors (Lipinski definition) is 5. The van der Waals surface area contributed by atoms with Crippen molar-refractivity contribution in [2.45, 2.75) is 120 Å². The molecule has 0 aliphatic rings. The van der Waals surface area contributed by atoms with Crippen LogP contribution in [-0.4, -0.2) is 72.6 Å². The van der Waals surface area contributed by atoms with Crippen LogP contribution in [0, 0.1) is 0 Å². The van der Waals surface area contributed by atoms with Gasteiger partial charge in [-0.15, -0.1) is 23.5 Å². The van der Waals surface area contributed by atoms with E-state index in [0.29, 0.717) is 0 Å². The van der Waals surface area contributed by atoms with Gasteiger partial charge < -0.3 is 25.5 Å². The van der Waals surface area contributed by atoms with Gasteiger partial charge in [-0.25, -0.2) is 0 Å². The Hall–Kier alpha value is 0.500. The minimum Gasteiger partial charge on any atom is -0.394 e. The van der Waals surface area contributed by atoms with Gasteiger partial charge in [0.2, 0.25) is 0 Å². The van der Waals surface area contributed by atoms with Crippen LogP contribution in [0.1, 0.15) is 90.9 Å². The quantitative estimate of drug-likeness (QED) is 0.132. The SMILES string of the molecule is CCCCCCCCSC(SCCCCCCCC)C(O)C(O)C(O)C(O)CO. The van der Waals surface area contributed by atoms with E-state index in [-0.39, 0.29) is 4.58 Å². The number of unbranched alkanes of at least 4 members (excludes halogenated alkanes) is 10. The molecule has 0 rings (SSSR count). The Balaban J connectivity index is 4.41. The monoisotopic (exact) mass is 454 g/mol. The fourth-order valence-corrected chi connectivity index (χ4v) is 5.99. The first kappa shape index (κ1) is 29.5. The van der Waals surface area contributed by atoms with Crippen molar-refractivity contribution >= 4 is 23.5 Å². The molecule has 0 radical (unpaired) electrons. The largest absolute Gasteiger partial charge is 0.394 e. The van der Waals surface area contributed by atoms with E-state index in [9.17, 15) is 20.4 Å². The molecule has 5 nitrogen and oxygen atoms in total. The molecule has 7 heteroatoms. The van der Waals surface area contributed by atoms with Crippen LogP contribution in [0.3, 0.4) is 0 Å². The summed E-state index contributed by atoms with van der Waals surface area (Å²) in [5, 5.41) is 49.4. The third-order valence-corrected chi connectivity index (χ3v) is 8.20. The van der Waals surface area contributed by atoms with E-state index in [1.807, 2.05) is 0 Å². The highest BCUT2D eigenvalue weighted by Crippen LogP contribution is 2.31. The van der Waals surface area contributed by atoms with Gasteiger partial charge in [-0.2, -0.15) is 0 Å². The van der Waals surface area contributed by atoms with Crippen LogP contribution >= 0.6 is 23.5 Å². The zero-order valence-electron chi connectivity index (χ0n) is 18.5. The number of thioether (sulfide) groups is 2. The Bertz CT molecular complexity index is 331. The van der Waals surface area contributed by atoms with E-state index >= 15 is 0 Å². The van der Waals surface area contributed by atoms with Crippen molar-refractivity contribution in [1.29, 1.82) is 0 Å². The summed E-state index contributed by atoms with van der Waals surface area (Å²) in [5.74, 6) is 1.81. The molecule has 176 valence electrons. The predicted molar refractivity (Wildman–Crippen MR) is 127 cm³/mol. The maximum atomic E-state index is 10.6. The zero-order valence-corrected chi connectivity index (χ0v) is 20.2. The first-order chi connectivity index (χ1) is 14.0. The normalized spacial score (nSPS) is 16.1. The molecule has 0 fully saturated rings. The molecule has 0 saturated heterocycles. The van der Waals surface area contributed by atoms with Crippen molar-refractivity contribution < 1.29 is 25.5 Å². The maximum absolute atomic E-state index is 10.6. The Morgan fingerprint density at radius 1 is 0.552 bits per heavy atom. The molecule has 29 heavy (non-hydrogen) atoms. The number of aliphatic hydroxyl groups excluding tert-OH is 5. The van der Waals surface area contributed by atoms with Crippen LogP contribution in [0.25, 0.3) is 0 Å². The van der Waals surface area contributed by atoms with E-state index in [1.54, 1.807) is 23.5 Å². The highest BCUT2D eigenvalue weighted by Gasteiger charge is 2.35. The van der Waals surface area contributed by atoms with Crippen molar-refractivity contribution in [2.24, 2.45) is 0 Å². The Labute approximate surface area is 187 Å². The summed E-state index contributed by atoms with van der Waals surface area (Å²) in [4.78, 5) is 0. The number of rotatable bonds is 21. The average molecular weight is 455 g/mol. The van der Waals surface area contributed by atoms with E-state index in [4.69, 9.17) is 5.11 Å². The van der Waals surface area contributed by atoms with E-state index in [0.717, 1.165) is 24.3 Å². The molecule has 0 spiro atoms. The molecule has 0 aromatic rings. The minimum atomic E-state index is -1.55. The van der Waals surface area contributed by atoms with Gasteiger partial charge in [0.25, 0.3) is 0 Å². The highest BCUT2D eigenvalue weighted by molar-refractivity contribution is 8.17. The van der Waals surface area contributed by atoms with Gasteiger partial charge in [0.1, 0.15) is 24.4 Å². The Morgan fingerprint density at radius 2 is 0.966 bits per heavy atom. The maximum Gasteiger partial charge on any atom is 0.111 e. The summed E-state index contributed by atoms with van der Waals surface area (Å²) in [7, 11) is 0. The summed E-state index contributed by atoms with van der Waals surface area (Å²) in [6.45, 7) is 3.76. The molecule has 0 aliphatic carbocycles. The molecule has 5 N–H and O–H groups in total. The molecule has 4 unspecified atom stereocenters. The summed E-state index contributed by atoms with van der Waals surface area (Å²) in [6.07, 6.45) is 8.89. The Kier molecular flexibility index (Phi) is 20.8. The van der Waals surface area contributed by atoms with Crippen LogP contribution < -0.4 is 0 Å². The summed E-state index contributed by atoms with van der Waals surface area (Å²) in [5.41, 5.74) is 0. The molecule has 0 saturated carbocycles. The molecule has 0 aromatic heterocycles. The van der Waals surface area contributed by atoms with Gasteiger partial charge in [-0.3, -0.25) is 0 Å². The van der Waals surface area contributed by atoms with Crippen molar-refractivity contribution in [1.82, 2.24) is 0 Å². The molecule has 0 heterocycles. The summed E-state index contributed by atoms with van der Waals surface area (Å²) in [6, 6.07) is 0. The van der Waals surface area contributed by atoms with Gasteiger partial charge in [0.15, 0.2) is 0 Å². The van der Waals surface area contributed by atoms with Gasteiger partial charge in [-0.1, -0.05) is 78.1 Å². The second-order valence-corrected chi connectivity index (χ2v) is 10.7. The molecule has 0 bridgehead atoms. The lowest BCUT2D eigenvalue weighted by molar-refractivity contribution is -0.111. The van der Waals surface area contributed by atoms with E-state index < -0.39 is 31.0 Å². The van der Waals surface area contributed by atoms with Gasteiger partial charge in [0, 0.05) is 0 Å². The van der Waals surface area contributed by atoms with Crippen LogP contribution in [0.2, 0.25) is 0 Å². The average Bonchev–Trinajstić information content (AvgIpc) is 2.74. The van der Waals surface area contributed by atoms with Crippen molar-refractivity contribution in [2.75, 3.05) is 18.1 Å². The lowest BCUT2D eigenvalue weighted by Gasteiger charge is -2.30. The van der Waals surface area contributed by atoms with Crippen LogP contribution in [0.5, 0.6) is 0 Å². The minimum absolute atomic E-state index is 0.253. The predicted octanol–water partition coefficient (Wildman–Crippen LogP) is 3.94. The first-order valence-electron chi connectivity index (χ1n) is 11.6. The second-order valence-electron chi connectivity index (χ2n) is 7.87. The topological polar surface area (TPSA) is 101 Å². The van der Waals surface area contributed by atoms with E-state index in [2.05, 4.69) is 13.8 Å². The fraction of sp³-hybridized carbons (Fsp3) is 1.00. The lowest BCUT2D eigenvalue weighted by Crippen LogP contribution is -2.48. The van der Waals surface area contributed by atoms with E-state index in [1.165, 1.54) is 64.2 Å². The summed E-state index contributed by atoms with van der Waals surface area (Å²) >= 11 is 3.26.